The van der Waals surface area contributed by atoms with Gasteiger partial charge in [-0.05, 0) is 57.9 Å². The first-order valence-corrected chi connectivity index (χ1v) is 7.23. The lowest BCUT2D eigenvalue weighted by atomic mass is 10.2. The summed E-state index contributed by atoms with van der Waals surface area (Å²) in [6.45, 7) is 0.148. The van der Waals surface area contributed by atoms with Gasteiger partial charge in [0.2, 0.25) is 0 Å². The summed E-state index contributed by atoms with van der Waals surface area (Å²) in [5.74, 6) is -1.32. The molecule has 0 bridgehead atoms. The summed E-state index contributed by atoms with van der Waals surface area (Å²) in [5, 5.41) is 2.61. The topological polar surface area (TPSA) is 29.1 Å². The standard InChI is InChI=1S/C14H9Br2F2NO/c15-11-4-2-10(17)5-9(11)7-19-14(20)8-1-3-12(16)13(18)6-8/h1-6H,7H2,(H,19,20). The van der Waals surface area contributed by atoms with Crippen LogP contribution in [0.2, 0.25) is 0 Å². The van der Waals surface area contributed by atoms with Crippen LogP contribution >= 0.6 is 31.9 Å². The predicted octanol–water partition coefficient (Wildman–Crippen LogP) is 4.42. The van der Waals surface area contributed by atoms with Crippen molar-refractivity contribution in [2.75, 3.05) is 0 Å². The number of hydrogen-bond acceptors (Lipinski definition) is 1. The molecule has 1 amide bonds. The van der Waals surface area contributed by atoms with E-state index in [-0.39, 0.29) is 17.9 Å². The molecule has 0 heterocycles. The van der Waals surface area contributed by atoms with Crippen LogP contribution in [0.5, 0.6) is 0 Å². The van der Waals surface area contributed by atoms with Gasteiger partial charge >= 0.3 is 0 Å². The molecule has 0 aliphatic carbocycles. The van der Waals surface area contributed by atoms with Crippen molar-refractivity contribution in [3.63, 3.8) is 0 Å². The molecule has 0 radical (unpaired) electrons. The van der Waals surface area contributed by atoms with Crippen molar-refractivity contribution in [2.24, 2.45) is 0 Å². The van der Waals surface area contributed by atoms with Gasteiger partial charge in [0.05, 0.1) is 4.47 Å². The van der Waals surface area contributed by atoms with Gasteiger partial charge in [0, 0.05) is 16.6 Å². The molecule has 0 aliphatic rings. The average Bonchev–Trinajstić information content (AvgIpc) is 2.42. The smallest absolute Gasteiger partial charge is 0.251 e. The predicted molar refractivity (Wildman–Crippen MR) is 79.4 cm³/mol. The summed E-state index contributed by atoms with van der Waals surface area (Å²) in [4.78, 5) is 11.9. The lowest BCUT2D eigenvalue weighted by Crippen LogP contribution is -2.23. The minimum atomic E-state index is -0.510. The van der Waals surface area contributed by atoms with E-state index in [4.69, 9.17) is 0 Å². The first-order valence-electron chi connectivity index (χ1n) is 5.64. The van der Waals surface area contributed by atoms with Crippen LogP contribution in [0.4, 0.5) is 8.78 Å². The Bertz CT molecular complexity index is 662. The van der Waals surface area contributed by atoms with E-state index in [1.807, 2.05) is 0 Å². The van der Waals surface area contributed by atoms with Crippen LogP contribution in [0.3, 0.4) is 0 Å². The highest BCUT2D eigenvalue weighted by Crippen LogP contribution is 2.19. The number of amides is 1. The van der Waals surface area contributed by atoms with Crippen molar-refractivity contribution < 1.29 is 13.6 Å². The van der Waals surface area contributed by atoms with Crippen LogP contribution in [0.25, 0.3) is 0 Å². The Labute approximate surface area is 131 Å². The molecule has 0 fully saturated rings. The number of carbonyl (C=O) groups excluding carboxylic acids is 1. The number of hydrogen-bond donors (Lipinski definition) is 1. The first kappa shape index (κ1) is 15.1. The molecule has 0 saturated heterocycles. The molecule has 0 atom stereocenters. The van der Waals surface area contributed by atoms with Gasteiger partial charge in [0.1, 0.15) is 11.6 Å². The normalized spacial score (nSPS) is 10.4. The Hall–Kier alpha value is -1.27. The molecule has 0 saturated carbocycles. The second-order valence-electron chi connectivity index (χ2n) is 4.05. The van der Waals surface area contributed by atoms with Gasteiger partial charge in [-0.2, -0.15) is 0 Å². The molecule has 2 rings (SSSR count). The third-order valence-electron chi connectivity index (χ3n) is 2.63. The Morgan fingerprint density at radius 2 is 1.75 bits per heavy atom. The minimum Gasteiger partial charge on any atom is -0.348 e. The van der Waals surface area contributed by atoms with Gasteiger partial charge in [-0.3, -0.25) is 4.79 Å². The summed E-state index contributed by atoms with van der Waals surface area (Å²) in [6.07, 6.45) is 0. The van der Waals surface area contributed by atoms with E-state index in [9.17, 15) is 13.6 Å². The van der Waals surface area contributed by atoms with Crippen LogP contribution in [0.1, 0.15) is 15.9 Å². The number of rotatable bonds is 3. The van der Waals surface area contributed by atoms with Gasteiger partial charge in [-0.15, -0.1) is 0 Å². The van der Waals surface area contributed by atoms with E-state index in [1.54, 1.807) is 6.07 Å². The molecule has 0 unspecified atom stereocenters. The van der Waals surface area contributed by atoms with Gasteiger partial charge in [-0.1, -0.05) is 15.9 Å². The zero-order chi connectivity index (χ0) is 14.7. The highest BCUT2D eigenvalue weighted by molar-refractivity contribution is 9.10. The van der Waals surface area contributed by atoms with E-state index >= 15 is 0 Å². The van der Waals surface area contributed by atoms with Gasteiger partial charge < -0.3 is 5.32 Å². The van der Waals surface area contributed by atoms with Crippen molar-refractivity contribution in [1.29, 1.82) is 0 Å². The molecule has 6 heteroatoms. The molecule has 0 spiro atoms. The van der Waals surface area contributed by atoms with E-state index in [0.717, 1.165) is 6.07 Å². The lowest BCUT2D eigenvalue weighted by Gasteiger charge is -2.08. The van der Waals surface area contributed by atoms with Crippen molar-refractivity contribution in [3.8, 4) is 0 Å². The fourth-order valence-electron chi connectivity index (χ4n) is 1.59. The lowest BCUT2D eigenvalue weighted by molar-refractivity contribution is 0.0950. The number of carbonyl (C=O) groups is 1. The average molecular weight is 405 g/mol. The van der Waals surface area contributed by atoms with Crippen molar-refractivity contribution >= 4 is 37.8 Å². The Kier molecular flexibility index (Phi) is 4.88. The molecule has 2 aromatic rings. The van der Waals surface area contributed by atoms with E-state index in [2.05, 4.69) is 37.2 Å². The summed E-state index contributed by atoms with van der Waals surface area (Å²) < 4.78 is 27.4. The second kappa shape index (κ2) is 6.45. The van der Waals surface area contributed by atoms with Gasteiger partial charge in [-0.25, -0.2) is 8.78 Å². The maximum absolute atomic E-state index is 13.3. The molecular formula is C14H9Br2F2NO. The SMILES string of the molecule is O=C(NCc1cc(F)ccc1Br)c1ccc(Br)c(F)c1. The van der Waals surface area contributed by atoms with Crippen molar-refractivity contribution in [3.05, 3.63) is 68.1 Å². The van der Waals surface area contributed by atoms with Crippen LogP contribution < -0.4 is 5.32 Å². The summed E-state index contributed by atoms with van der Waals surface area (Å²) in [7, 11) is 0. The Morgan fingerprint density at radius 3 is 2.45 bits per heavy atom. The Morgan fingerprint density at radius 1 is 1.05 bits per heavy atom. The Balaban J connectivity index is 2.08. The quantitative estimate of drug-likeness (QED) is 0.805. The van der Waals surface area contributed by atoms with Gasteiger partial charge in [0.15, 0.2) is 0 Å². The zero-order valence-corrected chi connectivity index (χ0v) is 13.3. The highest BCUT2D eigenvalue weighted by atomic mass is 79.9. The summed E-state index contributed by atoms with van der Waals surface area (Å²) in [5.41, 5.74) is 0.814. The van der Waals surface area contributed by atoms with Crippen molar-refractivity contribution in [1.82, 2.24) is 5.32 Å². The molecule has 20 heavy (non-hydrogen) atoms. The molecule has 0 aliphatic heterocycles. The number of nitrogens with one attached hydrogen (secondary N) is 1. The maximum Gasteiger partial charge on any atom is 0.251 e. The van der Waals surface area contributed by atoms with Crippen molar-refractivity contribution in [2.45, 2.75) is 6.54 Å². The molecule has 1 N–H and O–H groups in total. The monoisotopic (exact) mass is 403 g/mol. The minimum absolute atomic E-state index is 0.148. The number of benzene rings is 2. The summed E-state index contributed by atoms with van der Waals surface area (Å²) in [6, 6.07) is 8.31. The fourth-order valence-corrected chi connectivity index (χ4v) is 2.23. The fraction of sp³-hybridized carbons (Fsp3) is 0.0714. The molecule has 104 valence electrons. The van der Waals surface area contributed by atoms with Crippen LogP contribution in [-0.2, 0) is 6.54 Å². The van der Waals surface area contributed by atoms with Crippen LogP contribution in [-0.4, -0.2) is 5.91 Å². The van der Waals surface area contributed by atoms with E-state index in [1.165, 1.54) is 24.3 Å². The molecule has 0 aromatic heterocycles. The van der Waals surface area contributed by atoms with E-state index in [0.29, 0.717) is 14.5 Å². The summed E-state index contributed by atoms with van der Waals surface area (Å²) >= 11 is 6.29. The number of halogens is 4. The maximum atomic E-state index is 13.3. The zero-order valence-electron chi connectivity index (χ0n) is 10.1. The highest BCUT2D eigenvalue weighted by Gasteiger charge is 2.09. The van der Waals surface area contributed by atoms with Gasteiger partial charge in [0.25, 0.3) is 5.91 Å². The second-order valence-corrected chi connectivity index (χ2v) is 5.76. The largest absolute Gasteiger partial charge is 0.348 e. The van der Waals surface area contributed by atoms with Crippen LogP contribution in [0, 0.1) is 11.6 Å². The third-order valence-corrected chi connectivity index (χ3v) is 4.05. The first-order chi connectivity index (χ1) is 9.47. The molecule has 2 aromatic carbocycles. The van der Waals surface area contributed by atoms with E-state index < -0.39 is 11.7 Å². The van der Waals surface area contributed by atoms with Crippen LogP contribution in [0.15, 0.2) is 45.3 Å². The third kappa shape index (κ3) is 3.64. The molecule has 2 nitrogen and oxygen atoms in total. The molecular weight excluding hydrogens is 396 g/mol.